The maximum Gasteiger partial charge on any atom is 0.239 e. The van der Waals surface area contributed by atoms with Crippen LogP contribution in [0.1, 0.15) is 17.5 Å². The lowest BCUT2D eigenvalue weighted by atomic mass is 9.99. The second-order valence-corrected chi connectivity index (χ2v) is 6.23. The van der Waals surface area contributed by atoms with Crippen LogP contribution in [0.5, 0.6) is 0 Å². The third-order valence-electron chi connectivity index (χ3n) is 3.44. The highest BCUT2D eigenvalue weighted by atomic mass is 35.5. The van der Waals surface area contributed by atoms with Crippen LogP contribution >= 0.6 is 23.4 Å². The minimum absolute atomic E-state index is 0.0553. The minimum atomic E-state index is -0.381. The van der Waals surface area contributed by atoms with Crippen LogP contribution in [0.25, 0.3) is 0 Å². The highest BCUT2D eigenvalue weighted by molar-refractivity contribution is 7.98. The molecule has 0 aliphatic carbocycles. The van der Waals surface area contributed by atoms with E-state index in [1.807, 2.05) is 29.4 Å². The first-order valence-electron chi connectivity index (χ1n) is 6.42. The average molecular weight is 299 g/mol. The van der Waals surface area contributed by atoms with E-state index in [9.17, 15) is 4.79 Å². The first kappa shape index (κ1) is 14.7. The predicted octanol–water partition coefficient (Wildman–Crippen LogP) is 2.31. The Morgan fingerprint density at radius 1 is 1.53 bits per heavy atom. The van der Waals surface area contributed by atoms with Crippen molar-refractivity contribution in [3.05, 3.63) is 34.3 Å². The molecule has 19 heavy (non-hydrogen) atoms. The lowest BCUT2D eigenvalue weighted by Gasteiger charge is -2.31. The standard InChI is InChI=1S/C14H19ClN2OS/c1-19-7-5-13(16)14(18)17-6-4-10-2-3-12(15)8-11(10)9-17/h2-3,8,13H,4-7,9,16H2,1H3/t13-/m1/s1. The highest BCUT2D eigenvalue weighted by Crippen LogP contribution is 2.23. The number of carbonyl (C=O) groups excluding carboxylic acids is 1. The number of fused-ring (bicyclic) bond motifs is 1. The second-order valence-electron chi connectivity index (χ2n) is 4.81. The number of thioether (sulfide) groups is 1. The van der Waals surface area contributed by atoms with Gasteiger partial charge in [0.1, 0.15) is 0 Å². The molecular weight excluding hydrogens is 280 g/mol. The third kappa shape index (κ3) is 3.65. The molecule has 5 heteroatoms. The summed E-state index contributed by atoms with van der Waals surface area (Å²) in [5.74, 6) is 0.975. The summed E-state index contributed by atoms with van der Waals surface area (Å²) in [7, 11) is 0. The van der Waals surface area contributed by atoms with Gasteiger partial charge in [0.2, 0.25) is 5.91 Å². The molecule has 2 rings (SSSR count). The van der Waals surface area contributed by atoms with E-state index in [1.165, 1.54) is 5.56 Å². The Morgan fingerprint density at radius 2 is 2.32 bits per heavy atom. The van der Waals surface area contributed by atoms with Gasteiger partial charge in [-0.25, -0.2) is 0 Å². The topological polar surface area (TPSA) is 46.3 Å². The largest absolute Gasteiger partial charge is 0.337 e. The summed E-state index contributed by atoms with van der Waals surface area (Å²) in [5.41, 5.74) is 8.38. The van der Waals surface area contributed by atoms with Crippen molar-refractivity contribution < 1.29 is 4.79 Å². The minimum Gasteiger partial charge on any atom is -0.337 e. The summed E-state index contributed by atoms with van der Waals surface area (Å²) in [6.07, 6.45) is 3.64. The predicted molar refractivity (Wildman–Crippen MR) is 81.5 cm³/mol. The van der Waals surface area contributed by atoms with Crippen molar-refractivity contribution in [2.24, 2.45) is 5.73 Å². The lowest BCUT2D eigenvalue weighted by Crippen LogP contribution is -2.46. The summed E-state index contributed by atoms with van der Waals surface area (Å²) in [6, 6.07) is 5.52. The third-order valence-corrected chi connectivity index (χ3v) is 4.32. The number of carbonyl (C=O) groups is 1. The fourth-order valence-corrected chi connectivity index (χ4v) is 3.00. The Kier molecular flexibility index (Phi) is 5.13. The van der Waals surface area contributed by atoms with Crippen LogP contribution in [0.2, 0.25) is 5.02 Å². The fourth-order valence-electron chi connectivity index (χ4n) is 2.32. The number of nitrogens with two attached hydrogens (primary N) is 1. The first-order valence-corrected chi connectivity index (χ1v) is 8.19. The number of hydrogen-bond acceptors (Lipinski definition) is 3. The van der Waals surface area contributed by atoms with Crippen molar-refractivity contribution in [3.63, 3.8) is 0 Å². The summed E-state index contributed by atoms with van der Waals surface area (Å²) in [4.78, 5) is 14.1. The molecule has 0 bridgehead atoms. The quantitative estimate of drug-likeness (QED) is 0.928. The van der Waals surface area contributed by atoms with Gasteiger partial charge in [0.05, 0.1) is 6.04 Å². The molecule has 0 aromatic heterocycles. The van der Waals surface area contributed by atoms with Crippen molar-refractivity contribution >= 4 is 29.3 Å². The first-order chi connectivity index (χ1) is 9.11. The van der Waals surface area contributed by atoms with Gasteiger partial charge in [-0.2, -0.15) is 11.8 Å². The smallest absolute Gasteiger partial charge is 0.239 e. The zero-order valence-corrected chi connectivity index (χ0v) is 12.6. The zero-order valence-electron chi connectivity index (χ0n) is 11.1. The number of rotatable bonds is 4. The van der Waals surface area contributed by atoms with Gasteiger partial charge in [-0.3, -0.25) is 4.79 Å². The van der Waals surface area contributed by atoms with E-state index >= 15 is 0 Å². The van der Waals surface area contributed by atoms with Gasteiger partial charge < -0.3 is 10.6 Å². The highest BCUT2D eigenvalue weighted by Gasteiger charge is 2.24. The number of halogens is 1. The number of nitrogens with zero attached hydrogens (tertiary/aromatic N) is 1. The fraction of sp³-hybridized carbons (Fsp3) is 0.500. The van der Waals surface area contributed by atoms with E-state index in [4.69, 9.17) is 17.3 Å². The summed E-state index contributed by atoms with van der Waals surface area (Å²) in [5, 5.41) is 0.722. The van der Waals surface area contributed by atoms with Gasteiger partial charge in [-0.05, 0) is 48.1 Å². The number of benzene rings is 1. The SMILES string of the molecule is CSCC[C@@H](N)C(=O)N1CCc2ccc(Cl)cc2C1. The number of amides is 1. The van der Waals surface area contributed by atoms with Crippen LogP contribution < -0.4 is 5.73 Å². The van der Waals surface area contributed by atoms with Crippen LogP contribution in [0.3, 0.4) is 0 Å². The molecule has 0 saturated heterocycles. The van der Waals surface area contributed by atoms with E-state index < -0.39 is 0 Å². The van der Waals surface area contributed by atoms with E-state index in [1.54, 1.807) is 11.8 Å². The second kappa shape index (κ2) is 6.64. The van der Waals surface area contributed by atoms with E-state index in [2.05, 4.69) is 0 Å². The molecule has 0 radical (unpaired) electrons. The van der Waals surface area contributed by atoms with Crippen LogP contribution in [0, 0.1) is 0 Å². The van der Waals surface area contributed by atoms with E-state index in [0.717, 1.165) is 35.7 Å². The Hall–Kier alpha value is -0.710. The zero-order chi connectivity index (χ0) is 13.8. The summed E-state index contributed by atoms with van der Waals surface area (Å²) >= 11 is 7.72. The molecule has 2 N–H and O–H groups in total. The van der Waals surface area contributed by atoms with Gasteiger partial charge in [0.25, 0.3) is 0 Å². The number of hydrogen-bond donors (Lipinski definition) is 1. The van der Waals surface area contributed by atoms with Crippen molar-refractivity contribution in [2.75, 3.05) is 18.6 Å². The monoisotopic (exact) mass is 298 g/mol. The molecule has 1 aliphatic heterocycles. The van der Waals surface area contributed by atoms with E-state index in [0.29, 0.717) is 6.54 Å². The van der Waals surface area contributed by atoms with Gasteiger partial charge in [-0.1, -0.05) is 17.7 Å². The Balaban J connectivity index is 2.02. The molecule has 1 amide bonds. The molecular formula is C14H19ClN2OS. The van der Waals surface area contributed by atoms with Crippen molar-refractivity contribution in [2.45, 2.75) is 25.4 Å². The van der Waals surface area contributed by atoms with Gasteiger partial charge in [-0.15, -0.1) is 0 Å². The Labute approximate surface area is 123 Å². The molecule has 3 nitrogen and oxygen atoms in total. The summed E-state index contributed by atoms with van der Waals surface area (Å²) in [6.45, 7) is 1.38. The van der Waals surface area contributed by atoms with Crippen LogP contribution in [0.4, 0.5) is 0 Å². The molecule has 104 valence electrons. The molecule has 0 spiro atoms. The average Bonchev–Trinajstić information content (AvgIpc) is 2.43. The van der Waals surface area contributed by atoms with Crippen molar-refractivity contribution in [1.29, 1.82) is 0 Å². The molecule has 0 saturated carbocycles. The molecule has 1 aliphatic rings. The maximum atomic E-state index is 12.3. The molecule has 1 heterocycles. The van der Waals surface area contributed by atoms with Gasteiger partial charge in [0.15, 0.2) is 0 Å². The maximum absolute atomic E-state index is 12.3. The van der Waals surface area contributed by atoms with E-state index in [-0.39, 0.29) is 11.9 Å². The molecule has 0 fully saturated rings. The summed E-state index contributed by atoms with van der Waals surface area (Å²) < 4.78 is 0. The van der Waals surface area contributed by atoms with Crippen molar-refractivity contribution in [1.82, 2.24) is 4.90 Å². The molecule has 0 unspecified atom stereocenters. The van der Waals surface area contributed by atoms with Gasteiger partial charge >= 0.3 is 0 Å². The van der Waals surface area contributed by atoms with Crippen LogP contribution in [-0.2, 0) is 17.8 Å². The Bertz CT molecular complexity index is 467. The normalized spacial score (nSPS) is 16.1. The molecule has 1 aromatic rings. The molecule has 1 atom stereocenters. The van der Waals surface area contributed by atoms with Crippen LogP contribution in [0.15, 0.2) is 18.2 Å². The molecule has 1 aromatic carbocycles. The lowest BCUT2D eigenvalue weighted by molar-refractivity contribution is -0.133. The Morgan fingerprint density at radius 3 is 3.05 bits per heavy atom. The van der Waals surface area contributed by atoms with Gasteiger partial charge in [0, 0.05) is 18.1 Å². The van der Waals surface area contributed by atoms with Crippen molar-refractivity contribution in [3.8, 4) is 0 Å². The van der Waals surface area contributed by atoms with Crippen LogP contribution in [-0.4, -0.2) is 35.4 Å².